The summed E-state index contributed by atoms with van der Waals surface area (Å²) in [4.78, 5) is 12.1. The average Bonchev–Trinajstić information content (AvgIpc) is 3.35. The number of phenols is 1. The Kier molecular flexibility index (Phi) is 6.78. The highest BCUT2D eigenvalue weighted by molar-refractivity contribution is 7.92. The lowest BCUT2D eigenvalue weighted by molar-refractivity contribution is 0.103. The van der Waals surface area contributed by atoms with Gasteiger partial charge in [-0.1, -0.05) is 12.1 Å². The molecular formula is C24H13F6NO4S2. The molecule has 192 valence electrons. The molecule has 0 saturated heterocycles. The zero-order valence-corrected chi connectivity index (χ0v) is 20.0. The molecule has 0 radical (unpaired) electrons. The quantitative estimate of drug-likeness (QED) is 0.126. The van der Waals surface area contributed by atoms with E-state index in [2.05, 4.69) is 4.72 Å². The van der Waals surface area contributed by atoms with Gasteiger partial charge in [-0.25, -0.2) is 30.4 Å². The van der Waals surface area contributed by atoms with Gasteiger partial charge in [0.25, 0.3) is 10.0 Å². The van der Waals surface area contributed by atoms with Crippen molar-refractivity contribution in [3.63, 3.8) is 0 Å². The van der Waals surface area contributed by atoms with Crippen molar-refractivity contribution in [3.8, 4) is 16.2 Å². The van der Waals surface area contributed by atoms with Crippen LogP contribution >= 0.6 is 11.3 Å². The second-order valence-electron chi connectivity index (χ2n) is 7.67. The second kappa shape index (κ2) is 9.56. The Morgan fingerprint density at radius 3 is 2.24 bits per heavy atom. The molecule has 0 amide bonds. The molecular weight excluding hydrogens is 544 g/mol. The van der Waals surface area contributed by atoms with E-state index in [-0.39, 0.29) is 10.6 Å². The summed E-state index contributed by atoms with van der Waals surface area (Å²) in [6.07, 6.45) is 0. The van der Waals surface area contributed by atoms with E-state index >= 15 is 0 Å². The molecule has 0 spiro atoms. The summed E-state index contributed by atoms with van der Waals surface area (Å²) in [6, 6.07) is 8.99. The van der Waals surface area contributed by atoms with Gasteiger partial charge in [-0.3, -0.25) is 9.52 Å². The van der Waals surface area contributed by atoms with Crippen LogP contribution in [0.25, 0.3) is 10.4 Å². The number of carbonyl (C=O) groups is 1. The van der Waals surface area contributed by atoms with Crippen LogP contribution in [0.2, 0.25) is 0 Å². The fourth-order valence-corrected chi connectivity index (χ4v) is 5.65. The SMILES string of the molecule is Cc1c(S(=O)(=O)Nc2cccc(-c3ccc(C(=O)c4cc(F)c(F)c(O)c4F)s3)c2)cc(F)c(F)c1F. The summed E-state index contributed by atoms with van der Waals surface area (Å²) in [5.41, 5.74) is -1.19. The maximum Gasteiger partial charge on any atom is 0.262 e. The van der Waals surface area contributed by atoms with Crippen LogP contribution < -0.4 is 4.72 Å². The number of rotatable bonds is 6. The third-order valence-electron chi connectivity index (χ3n) is 5.26. The first-order chi connectivity index (χ1) is 17.3. The Bertz CT molecular complexity index is 1690. The molecule has 0 aliphatic rings. The summed E-state index contributed by atoms with van der Waals surface area (Å²) >= 11 is 0.812. The van der Waals surface area contributed by atoms with Crippen LogP contribution in [0.5, 0.6) is 5.75 Å². The molecule has 0 unspecified atom stereocenters. The summed E-state index contributed by atoms with van der Waals surface area (Å²) in [5.74, 6) is -12.9. The monoisotopic (exact) mass is 557 g/mol. The molecule has 1 aromatic heterocycles. The van der Waals surface area contributed by atoms with Gasteiger partial charge in [-0.15, -0.1) is 11.3 Å². The van der Waals surface area contributed by atoms with E-state index in [1.165, 1.54) is 36.4 Å². The van der Waals surface area contributed by atoms with Crippen molar-refractivity contribution < 1.29 is 44.7 Å². The fourth-order valence-electron chi connectivity index (χ4n) is 3.39. The first-order valence-electron chi connectivity index (χ1n) is 10.1. The number of sulfonamides is 1. The zero-order chi connectivity index (χ0) is 27.2. The zero-order valence-electron chi connectivity index (χ0n) is 18.4. The maximum atomic E-state index is 14.2. The normalized spacial score (nSPS) is 11.5. The number of nitrogens with one attached hydrogen (secondary N) is 1. The number of aromatic hydroxyl groups is 1. The van der Waals surface area contributed by atoms with Crippen molar-refractivity contribution in [3.05, 3.63) is 99.4 Å². The number of halogens is 6. The molecule has 3 aromatic carbocycles. The molecule has 4 rings (SSSR count). The van der Waals surface area contributed by atoms with E-state index in [1.54, 1.807) is 0 Å². The topological polar surface area (TPSA) is 83.5 Å². The summed E-state index contributed by atoms with van der Waals surface area (Å²) in [7, 11) is -4.54. The standard InChI is InChI=1S/C24H13F6NO4S2/c1-10-18(9-15(26)21(29)19(10)27)37(34,35)31-12-4-2-3-11(7-12)16-5-6-17(36-16)23(32)13-8-14(25)22(30)24(33)20(13)28/h2-9,31,33H,1H3. The largest absolute Gasteiger partial charge is 0.503 e. The van der Waals surface area contributed by atoms with Crippen molar-refractivity contribution >= 4 is 32.8 Å². The number of anilines is 1. The highest BCUT2D eigenvalue weighted by atomic mass is 32.2. The minimum absolute atomic E-state index is 0.0418. The lowest BCUT2D eigenvalue weighted by atomic mass is 10.1. The third-order valence-corrected chi connectivity index (χ3v) is 7.90. The molecule has 1 heterocycles. The first-order valence-corrected chi connectivity index (χ1v) is 12.4. The number of thiophene rings is 1. The number of hydrogen-bond acceptors (Lipinski definition) is 5. The predicted molar refractivity (Wildman–Crippen MR) is 123 cm³/mol. The molecule has 0 aliphatic carbocycles. The molecule has 5 nitrogen and oxygen atoms in total. The van der Waals surface area contributed by atoms with E-state index in [0.29, 0.717) is 22.6 Å². The highest BCUT2D eigenvalue weighted by Crippen LogP contribution is 2.34. The maximum absolute atomic E-state index is 14.2. The Hall–Kier alpha value is -3.84. The molecule has 0 aliphatic heterocycles. The van der Waals surface area contributed by atoms with Crippen molar-refractivity contribution in [2.75, 3.05) is 4.72 Å². The van der Waals surface area contributed by atoms with Crippen LogP contribution in [0.4, 0.5) is 32.0 Å². The fraction of sp³-hybridized carbons (Fsp3) is 0.0417. The molecule has 13 heteroatoms. The van der Waals surface area contributed by atoms with E-state index in [9.17, 15) is 44.7 Å². The molecule has 0 bridgehead atoms. The minimum Gasteiger partial charge on any atom is -0.503 e. The Labute approximate surface area is 209 Å². The van der Waals surface area contributed by atoms with Gasteiger partial charge < -0.3 is 5.11 Å². The number of carbonyl (C=O) groups excluding carboxylic acids is 1. The van der Waals surface area contributed by atoms with Gasteiger partial charge in [0.05, 0.1) is 15.3 Å². The van der Waals surface area contributed by atoms with Crippen LogP contribution in [0.1, 0.15) is 20.8 Å². The number of benzene rings is 3. The van der Waals surface area contributed by atoms with Crippen LogP contribution in [-0.4, -0.2) is 19.3 Å². The molecule has 37 heavy (non-hydrogen) atoms. The lowest BCUT2D eigenvalue weighted by Gasteiger charge is -2.12. The predicted octanol–water partition coefficient (Wildman–Crippen LogP) is 6.30. The molecule has 4 aromatic rings. The number of phenolic OH excluding ortho intramolecular Hbond substituents is 1. The van der Waals surface area contributed by atoms with Crippen LogP contribution in [0.3, 0.4) is 0 Å². The minimum atomic E-state index is -4.54. The van der Waals surface area contributed by atoms with Crippen molar-refractivity contribution in [2.24, 2.45) is 0 Å². The van der Waals surface area contributed by atoms with Gasteiger partial charge >= 0.3 is 0 Å². The highest BCUT2D eigenvalue weighted by Gasteiger charge is 2.26. The summed E-state index contributed by atoms with van der Waals surface area (Å²) < 4.78 is 110. The van der Waals surface area contributed by atoms with E-state index in [1.807, 2.05) is 0 Å². The Morgan fingerprint density at radius 1 is 0.865 bits per heavy atom. The summed E-state index contributed by atoms with van der Waals surface area (Å²) in [6.45, 7) is 0.975. The van der Waals surface area contributed by atoms with Crippen LogP contribution in [0.15, 0.2) is 53.4 Å². The van der Waals surface area contributed by atoms with Gasteiger partial charge in [0, 0.05) is 16.1 Å². The third kappa shape index (κ3) is 4.79. The van der Waals surface area contributed by atoms with Gasteiger partial charge in [-0.05, 0) is 48.9 Å². The van der Waals surface area contributed by atoms with Crippen molar-refractivity contribution in [2.45, 2.75) is 11.8 Å². The summed E-state index contributed by atoms with van der Waals surface area (Å²) in [5, 5.41) is 9.36. The van der Waals surface area contributed by atoms with Crippen LogP contribution in [-0.2, 0) is 10.0 Å². The molecule has 2 N–H and O–H groups in total. The van der Waals surface area contributed by atoms with E-state index < -0.39 is 72.5 Å². The van der Waals surface area contributed by atoms with Gasteiger partial charge in [0.15, 0.2) is 34.8 Å². The number of hydrogen-bond donors (Lipinski definition) is 2. The Balaban J connectivity index is 1.64. The molecule has 0 saturated carbocycles. The first kappa shape index (κ1) is 26.2. The van der Waals surface area contributed by atoms with Gasteiger partial charge in [0.2, 0.25) is 11.6 Å². The lowest BCUT2D eigenvalue weighted by Crippen LogP contribution is -2.16. The Morgan fingerprint density at radius 2 is 1.54 bits per heavy atom. The second-order valence-corrected chi connectivity index (χ2v) is 10.4. The number of ketones is 1. The van der Waals surface area contributed by atoms with Gasteiger partial charge in [0.1, 0.15) is 0 Å². The average molecular weight is 557 g/mol. The van der Waals surface area contributed by atoms with E-state index in [4.69, 9.17) is 0 Å². The van der Waals surface area contributed by atoms with Crippen molar-refractivity contribution in [1.82, 2.24) is 0 Å². The smallest absolute Gasteiger partial charge is 0.262 e. The van der Waals surface area contributed by atoms with Crippen molar-refractivity contribution in [1.29, 1.82) is 0 Å². The van der Waals surface area contributed by atoms with E-state index in [0.717, 1.165) is 18.3 Å². The molecule has 0 fully saturated rings. The van der Waals surface area contributed by atoms with Gasteiger partial charge in [-0.2, -0.15) is 4.39 Å². The molecule has 0 atom stereocenters. The van der Waals surface area contributed by atoms with Crippen LogP contribution in [0, 0.1) is 41.8 Å².